The second kappa shape index (κ2) is 7.91. The van der Waals surface area contributed by atoms with Gasteiger partial charge >= 0.3 is 0 Å². The molecule has 0 aliphatic carbocycles. The maximum Gasteiger partial charge on any atom is 0.105 e. The van der Waals surface area contributed by atoms with E-state index in [-0.39, 0.29) is 6.10 Å². The van der Waals surface area contributed by atoms with E-state index in [0.29, 0.717) is 6.61 Å². The van der Waals surface area contributed by atoms with Crippen molar-refractivity contribution in [3.05, 3.63) is 96.1 Å². The smallest absolute Gasteiger partial charge is 0.105 e. The molecule has 1 N–H and O–H groups in total. The van der Waals surface area contributed by atoms with Gasteiger partial charge in [0.05, 0.1) is 12.7 Å². The highest BCUT2D eigenvalue weighted by Crippen LogP contribution is 2.24. The van der Waals surface area contributed by atoms with Crippen molar-refractivity contribution in [2.45, 2.75) is 25.7 Å². The summed E-state index contributed by atoms with van der Waals surface area (Å²) < 4.78 is 5.81. The summed E-state index contributed by atoms with van der Waals surface area (Å²) in [6.45, 7) is 2.40. The van der Waals surface area contributed by atoms with Gasteiger partial charge in [0.1, 0.15) is 6.10 Å². The zero-order chi connectivity index (χ0) is 16.8. The van der Waals surface area contributed by atoms with Crippen LogP contribution in [0.2, 0.25) is 0 Å². The molecule has 0 aromatic heterocycles. The van der Waals surface area contributed by atoms with E-state index < -0.39 is 6.10 Å². The molecule has 24 heavy (non-hydrogen) atoms. The largest absolute Gasteiger partial charge is 0.386 e. The van der Waals surface area contributed by atoms with E-state index in [2.05, 4.69) is 12.1 Å². The number of hydrogen-bond donors (Lipinski definition) is 1. The van der Waals surface area contributed by atoms with Gasteiger partial charge in [-0.15, -0.1) is 0 Å². The first kappa shape index (κ1) is 16.4. The van der Waals surface area contributed by atoms with Crippen molar-refractivity contribution in [1.82, 2.24) is 0 Å². The lowest BCUT2D eigenvalue weighted by Crippen LogP contribution is -2.18. The van der Waals surface area contributed by atoms with E-state index in [9.17, 15) is 5.11 Å². The van der Waals surface area contributed by atoms with E-state index in [0.717, 1.165) is 16.7 Å². The van der Waals surface area contributed by atoms with Gasteiger partial charge in [-0.2, -0.15) is 0 Å². The highest BCUT2D eigenvalue weighted by molar-refractivity contribution is 5.63. The van der Waals surface area contributed by atoms with Crippen LogP contribution < -0.4 is 0 Å². The van der Waals surface area contributed by atoms with Crippen molar-refractivity contribution < 1.29 is 9.84 Å². The fourth-order valence-corrected chi connectivity index (χ4v) is 2.67. The van der Waals surface area contributed by atoms with Crippen LogP contribution in [0.25, 0.3) is 11.1 Å². The molecule has 0 fully saturated rings. The average Bonchev–Trinajstić information content (AvgIpc) is 2.67. The van der Waals surface area contributed by atoms with Gasteiger partial charge in [0, 0.05) is 0 Å². The summed E-state index contributed by atoms with van der Waals surface area (Å²) in [5.41, 5.74) is 4.29. The average molecular weight is 318 g/mol. The van der Waals surface area contributed by atoms with E-state index in [1.54, 1.807) is 0 Å². The van der Waals surface area contributed by atoms with Crippen LogP contribution in [0, 0.1) is 0 Å². The summed E-state index contributed by atoms with van der Waals surface area (Å²) >= 11 is 0. The molecule has 0 spiro atoms. The molecule has 0 aliphatic rings. The van der Waals surface area contributed by atoms with E-state index in [1.165, 1.54) is 5.56 Å². The van der Waals surface area contributed by atoms with Gasteiger partial charge in [-0.3, -0.25) is 0 Å². The molecule has 3 aromatic rings. The zero-order valence-electron chi connectivity index (χ0n) is 13.8. The van der Waals surface area contributed by atoms with Crippen molar-refractivity contribution in [3.8, 4) is 11.1 Å². The van der Waals surface area contributed by atoms with E-state index >= 15 is 0 Å². The summed E-state index contributed by atoms with van der Waals surface area (Å²) in [5, 5.41) is 10.5. The van der Waals surface area contributed by atoms with Crippen LogP contribution in [0.3, 0.4) is 0 Å². The molecule has 0 aliphatic heterocycles. The Balaban J connectivity index is 1.63. The molecule has 0 radical (unpaired) electrons. The van der Waals surface area contributed by atoms with Gasteiger partial charge in [-0.25, -0.2) is 0 Å². The number of aliphatic hydroxyl groups excluding tert-OH is 1. The molecular weight excluding hydrogens is 296 g/mol. The number of hydrogen-bond acceptors (Lipinski definition) is 2. The van der Waals surface area contributed by atoms with Crippen molar-refractivity contribution in [2.24, 2.45) is 0 Å². The molecule has 0 heterocycles. The summed E-state index contributed by atoms with van der Waals surface area (Å²) in [6, 6.07) is 28.2. The predicted molar refractivity (Wildman–Crippen MR) is 97.5 cm³/mol. The molecule has 0 amide bonds. The standard InChI is InChI=1S/C22H22O2/c1-17(24-16-18-8-4-2-5-9-18)22(23)21-14-12-20(13-15-21)19-10-6-3-7-11-19/h2-15,17,22-23H,16H2,1H3. The molecule has 2 atom stereocenters. The van der Waals surface area contributed by atoms with Crippen LogP contribution in [0.5, 0.6) is 0 Å². The number of ether oxygens (including phenoxy) is 1. The number of rotatable bonds is 6. The van der Waals surface area contributed by atoms with Gasteiger partial charge in [0.15, 0.2) is 0 Å². The summed E-state index contributed by atoms with van der Waals surface area (Å²) in [5.74, 6) is 0. The number of aliphatic hydroxyl groups is 1. The van der Waals surface area contributed by atoms with Crippen LogP contribution >= 0.6 is 0 Å². The Hall–Kier alpha value is -2.42. The fraction of sp³-hybridized carbons (Fsp3) is 0.182. The minimum Gasteiger partial charge on any atom is -0.386 e. The predicted octanol–water partition coefficient (Wildman–Crippen LogP) is 4.99. The van der Waals surface area contributed by atoms with Crippen LogP contribution in [0.4, 0.5) is 0 Å². The molecule has 0 saturated carbocycles. The lowest BCUT2D eigenvalue weighted by atomic mass is 10.00. The number of benzene rings is 3. The normalized spacial score (nSPS) is 13.4. The Morgan fingerprint density at radius 3 is 1.92 bits per heavy atom. The first-order chi connectivity index (χ1) is 11.7. The Kier molecular flexibility index (Phi) is 5.42. The zero-order valence-corrected chi connectivity index (χ0v) is 13.8. The van der Waals surface area contributed by atoms with Crippen LogP contribution in [0.1, 0.15) is 24.2 Å². The fourth-order valence-electron chi connectivity index (χ4n) is 2.67. The van der Waals surface area contributed by atoms with Crippen LogP contribution in [-0.2, 0) is 11.3 Å². The third-order valence-corrected chi connectivity index (χ3v) is 4.16. The SMILES string of the molecule is CC(OCc1ccccc1)C(O)c1ccc(-c2ccccc2)cc1. The van der Waals surface area contributed by atoms with Crippen molar-refractivity contribution in [2.75, 3.05) is 0 Å². The quantitative estimate of drug-likeness (QED) is 0.693. The Morgan fingerprint density at radius 1 is 0.750 bits per heavy atom. The first-order valence-corrected chi connectivity index (χ1v) is 8.23. The Bertz CT molecular complexity index is 736. The second-order valence-corrected chi connectivity index (χ2v) is 5.93. The van der Waals surface area contributed by atoms with Gasteiger partial charge in [-0.1, -0.05) is 84.9 Å². The summed E-state index contributed by atoms with van der Waals surface area (Å²) in [6.07, 6.45) is -0.911. The lowest BCUT2D eigenvalue weighted by molar-refractivity contribution is -0.0364. The molecule has 122 valence electrons. The monoisotopic (exact) mass is 318 g/mol. The minimum atomic E-state index is -0.640. The highest BCUT2D eigenvalue weighted by Gasteiger charge is 2.17. The highest BCUT2D eigenvalue weighted by atomic mass is 16.5. The molecule has 0 bridgehead atoms. The molecule has 0 saturated heterocycles. The van der Waals surface area contributed by atoms with E-state index in [1.807, 2.05) is 79.7 Å². The van der Waals surface area contributed by atoms with E-state index in [4.69, 9.17) is 4.74 Å². The first-order valence-electron chi connectivity index (χ1n) is 8.23. The third kappa shape index (κ3) is 4.10. The lowest BCUT2D eigenvalue weighted by Gasteiger charge is -2.20. The molecule has 2 unspecified atom stereocenters. The molecule has 3 rings (SSSR count). The van der Waals surface area contributed by atoms with Crippen LogP contribution in [-0.4, -0.2) is 11.2 Å². The second-order valence-electron chi connectivity index (χ2n) is 5.93. The molecule has 2 nitrogen and oxygen atoms in total. The van der Waals surface area contributed by atoms with Crippen molar-refractivity contribution in [3.63, 3.8) is 0 Å². The Morgan fingerprint density at radius 2 is 1.29 bits per heavy atom. The van der Waals surface area contributed by atoms with Gasteiger partial charge in [0.2, 0.25) is 0 Å². The van der Waals surface area contributed by atoms with Gasteiger partial charge in [-0.05, 0) is 29.2 Å². The topological polar surface area (TPSA) is 29.5 Å². The van der Waals surface area contributed by atoms with Crippen LogP contribution in [0.15, 0.2) is 84.9 Å². The summed E-state index contributed by atoms with van der Waals surface area (Å²) in [7, 11) is 0. The van der Waals surface area contributed by atoms with Crippen molar-refractivity contribution >= 4 is 0 Å². The maximum atomic E-state index is 10.5. The van der Waals surface area contributed by atoms with Gasteiger partial charge in [0.25, 0.3) is 0 Å². The van der Waals surface area contributed by atoms with Gasteiger partial charge < -0.3 is 9.84 Å². The molecular formula is C22H22O2. The maximum absolute atomic E-state index is 10.5. The van der Waals surface area contributed by atoms with Crippen molar-refractivity contribution in [1.29, 1.82) is 0 Å². The third-order valence-electron chi connectivity index (χ3n) is 4.16. The molecule has 3 aromatic carbocycles. The minimum absolute atomic E-state index is 0.271. The Labute approximate surface area is 143 Å². The summed E-state index contributed by atoms with van der Waals surface area (Å²) in [4.78, 5) is 0. The molecule has 2 heteroatoms.